The van der Waals surface area contributed by atoms with Crippen LogP contribution in [0, 0.1) is 5.82 Å². The average Bonchev–Trinajstić information content (AvgIpc) is 2.71. The van der Waals surface area contributed by atoms with Crippen molar-refractivity contribution in [1.29, 1.82) is 0 Å². The molecule has 0 amide bonds. The number of nitrogen functional groups attached to an aromatic ring is 1. The normalized spacial score (nSPS) is 12.6. The molecule has 3 rings (SSSR count). The van der Waals surface area contributed by atoms with E-state index < -0.39 is 31.6 Å². The van der Waals surface area contributed by atoms with Gasteiger partial charge in [0.2, 0.25) is 15.8 Å². The number of rotatable bonds is 8. The monoisotopic (exact) mass is 463 g/mol. The molecule has 0 fully saturated rings. The van der Waals surface area contributed by atoms with Crippen LogP contribution in [0.2, 0.25) is 0 Å². The van der Waals surface area contributed by atoms with E-state index in [0.717, 1.165) is 5.75 Å². The van der Waals surface area contributed by atoms with Crippen LogP contribution in [0.4, 0.5) is 10.3 Å². The number of ether oxygens (including phenoxy) is 1. The molecule has 2 N–H and O–H groups in total. The Bertz CT molecular complexity index is 1160. The minimum absolute atomic E-state index is 0.103. The third-order valence-electron chi connectivity index (χ3n) is 4.56. The molecule has 0 saturated heterocycles. The molecule has 1 aromatic heterocycles. The van der Waals surface area contributed by atoms with Gasteiger partial charge < -0.3 is 10.5 Å². The van der Waals surface area contributed by atoms with Crippen LogP contribution in [0.3, 0.4) is 0 Å². The predicted molar refractivity (Wildman–Crippen MR) is 126 cm³/mol. The third kappa shape index (κ3) is 6.03. The van der Waals surface area contributed by atoms with Crippen LogP contribution in [-0.2, 0) is 14.6 Å². The van der Waals surface area contributed by atoms with Crippen molar-refractivity contribution in [3.63, 3.8) is 0 Å². The number of sulfone groups is 1. The van der Waals surface area contributed by atoms with Crippen LogP contribution in [0.5, 0.6) is 0 Å². The number of aromatic nitrogens is 2. The Hall–Kier alpha value is -2.49. The standard InChI is InChI=1S/C22H26FN3O3S2/c1-30(2,3)11-10-29-15-31(27,28)21-7-5-4-6-19(21)16-8-9-18(20(23)12-16)17-13-25-22(24)26-14-17/h4-9,12-14H,10-11,15H2,1-3H3,(H2,24,25,26). The van der Waals surface area contributed by atoms with Crippen LogP contribution >= 0.6 is 10.0 Å². The molecule has 31 heavy (non-hydrogen) atoms. The lowest BCUT2D eigenvalue weighted by Crippen LogP contribution is -2.15. The molecule has 0 unspecified atom stereocenters. The molecular formula is C22H26FN3O3S2. The van der Waals surface area contributed by atoms with Crippen LogP contribution in [0.15, 0.2) is 59.8 Å². The van der Waals surface area contributed by atoms with Gasteiger partial charge in [0, 0.05) is 34.8 Å². The topological polar surface area (TPSA) is 95.2 Å². The molecule has 9 heteroatoms. The van der Waals surface area contributed by atoms with Crippen molar-refractivity contribution in [3.8, 4) is 22.3 Å². The molecule has 0 aliphatic rings. The van der Waals surface area contributed by atoms with Gasteiger partial charge in [-0.2, -0.15) is 0 Å². The first kappa shape index (κ1) is 23.2. The highest BCUT2D eigenvalue weighted by Gasteiger charge is 2.21. The number of hydrogen-bond acceptors (Lipinski definition) is 6. The Morgan fingerprint density at radius 3 is 2.29 bits per heavy atom. The smallest absolute Gasteiger partial charge is 0.219 e. The molecule has 1 heterocycles. The van der Waals surface area contributed by atoms with E-state index in [9.17, 15) is 12.8 Å². The summed E-state index contributed by atoms with van der Waals surface area (Å²) in [6.45, 7) is 0.382. The van der Waals surface area contributed by atoms with Crippen LogP contribution in [-0.4, -0.2) is 55.5 Å². The summed E-state index contributed by atoms with van der Waals surface area (Å²) in [4.78, 5) is 7.88. The highest BCUT2D eigenvalue weighted by atomic mass is 32.3. The van der Waals surface area contributed by atoms with E-state index in [-0.39, 0.29) is 10.8 Å². The van der Waals surface area contributed by atoms with E-state index in [1.54, 1.807) is 30.3 Å². The molecule has 0 spiro atoms. The molecule has 0 radical (unpaired) electrons. The fraction of sp³-hybridized carbons (Fsp3) is 0.273. The lowest BCUT2D eigenvalue weighted by molar-refractivity contribution is 0.194. The maximum Gasteiger partial charge on any atom is 0.219 e. The van der Waals surface area contributed by atoms with Crippen molar-refractivity contribution < 1.29 is 17.5 Å². The van der Waals surface area contributed by atoms with Crippen molar-refractivity contribution in [2.45, 2.75) is 4.90 Å². The zero-order valence-corrected chi connectivity index (χ0v) is 19.3. The summed E-state index contributed by atoms with van der Waals surface area (Å²) in [5.41, 5.74) is 7.14. The fourth-order valence-electron chi connectivity index (χ4n) is 2.91. The summed E-state index contributed by atoms with van der Waals surface area (Å²) in [5, 5.41) is 0. The minimum atomic E-state index is -3.71. The second-order valence-corrected chi connectivity index (χ2v) is 14.5. The highest BCUT2D eigenvalue weighted by molar-refractivity contribution is 8.32. The lowest BCUT2D eigenvalue weighted by Gasteiger charge is -2.24. The first-order chi connectivity index (χ1) is 14.6. The maximum absolute atomic E-state index is 14.9. The minimum Gasteiger partial charge on any atom is -0.368 e. The van der Waals surface area contributed by atoms with E-state index in [0.29, 0.717) is 28.9 Å². The summed E-state index contributed by atoms with van der Waals surface area (Å²) in [6, 6.07) is 11.1. The number of hydrogen-bond donors (Lipinski definition) is 1. The van der Waals surface area contributed by atoms with Gasteiger partial charge >= 0.3 is 0 Å². The van der Waals surface area contributed by atoms with E-state index in [4.69, 9.17) is 10.5 Å². The largest absolute Gasteiger partial charge is 0.368 e. The first-order valence-electron chi connectivity index (χ1n) is 9.50. The molecule has 6 nitrogen and oxygen atoms in total. The quantitative estimate of drug-likeness (QED) is 0.508. The Morgan fingerprint density at radius 1 is 0.968 bits per heavy atom. The van der Waals surface area contributed by atoms with Crippen molar-refractivity contribution in [2.24, 2.45) is 0 Å². The number of nitrogens with zero attached hydrogens (tertiary/aromatic N) is 2. The summed E-state index contributed by atoms with van der Waals surface area (Å²) < 4.78 is 46.1. The average molecular weight is 464 g/mol. The Morgan fingerprint density at radius 2 is 1.65 bits per heavy atom. The Kier molecular flexibility index (Phi) is 6.98. The van der Waals surface area contributed by atoms with Crippen molar-refractivity contribution in [1.82, 2.24) is 9.97 Å². The SMILES string of the molecule is CS(C)(C)CCOCS(=O)(=O)c1ccccc1-c1ccc(-c2cnc(N)nc2)c(F)c1. The lowest BCUT2D eigenvalue weighted by atomic mass is 10.0. The Labute approximate surface area is 183 Å². The van der Waals surface area contributed by atoms with Crippen molar-refractivity contribution >= 4 is 25.8 Å². The van der Waals surface area contributed by atoms with E-state index in [1.807, 2.05) is 0 Å². The molecule has 0 aliphatic heterocycles. The van der Waals surface area contributed by atoms with Gasteiger partial charge in [0.25, 0.3) is 0 Å². The second kappa shape index (κ2) is 9.33. The van der Waals surface area contributed by atoms with E-state index in [2.05, 4.69) is 28.7 Å². The molecule has 0 saturated carbocycles. The van der Waals surface area contributed by atoms with Gasteiger partial charge in [0.15, 0.2) is 5.94 Å². The first-order valence-corrected chi connectivity index (χ1v) is 14.2. The molecular weight excluding hydrogens is 437 g/mol. The van der Waals surface area contributed by atoms with Gasteiger partial charge in [-0.25, -0.2) is 32.8 Å². The molecule has 0 aliphatic carbocycles. The number of benzene rings is 2. The number of anilines is 1. The molecule has 0 bridgehead atoms. The fourth-order valence-corrected chi connectivity index (χ4v) is 4.80. The zero-order chi connectivity index (χ0) is 22.6. The number of nitrogens with two attached hydrogens (primary N) is 1. The van der Waals surface area contributed by atoms with Gasteiger partial charge in [-0.3, -0.25) is 0 Å². The Balaban J connectivity index is 1.87. The predicted octanol–water partition coefficient (Wildman–Crippen LogP) is 3.97. The molecule has 166 valence electrons. The molecule has 3 aromatic rings. The molecule has 0 atom stereocenters. The maximum atomic E-state index is 14.9. The van der Waals surface area contributed by atoms with E-state index in [1.165, 1.54) is 24.5 Å². The molecule has 2 aromatic carbocycles. The van der Waals surface area contributed by atoms with Crippen molar-refractivity contribution in [3.05, 3.63) is 60.7 Å². The third-order valence-corrected chi connectivity index (χ3v) is 7.46. The second-order valence-electron chi connectivity index (χ2n) is 7.96. The van der Waals surface area contributed by atoms with Crippen molar-refractivity contribution in [2.75, 3.05) is 42.8 Å². The summed E-state index contributed by atoms with van der Waals surface area (Å²) >= 11 is 0. The van der Waals surface area contributed by atoms with E-state index >= 15 is 0 Å². The van der Waals surface area contributed by atoms with Crippen LogP contribution in [0.1, 0.15) is 0 Å². The van der Waals surface area contributed by atoms with Gasteiger partial charge in [-0.1, -0.05) is 30.3 Å². The summed E-state index contributed by atoms with van der Waals surface area (Å²) in [7, 11) is -4.48. The number of halogens is 1. The zero-order valence-electron chi connectivity index (χ0n) is 17.7. The van der Waals surface area contributed by atoms with Crippen LogP contribution < -0.4 is 5.73 Å². The van der Waals surface area contributed by atoms with Gasteiger partial charge in [0.05, 0.1) is 11.5 Å². The summed E-state index contributed by atoms with van der Waals surface area (Å²) in [5.74, 6) is 0.00249. The summed E-state index contributed by atoms with van der Waals surface area (Å²) in [6.07, 6.45) is 9.32. The highest BCUT2D eigenvalue weighted by Crippen LogP contribution is 2.34. The van der Waals surface area contributed by atoms with Gasteiger partial charge in [-0.15, -0.1) is 0 Å². The van der Waals surface area contributed by atoms with Crippen LogP contribution in [0.25, 0.3) is 22.3 Å². The van der Waals surface area contributed by atoms with Gasteiger partial charge in [-0.05, 0) is 36.5 Å². The van der Waals surface area contributed by atoms with Gasteiger partial charge in [0.1, 0.15) is 5.82 Å².